The molecule has 0 aliphatic heterocycles. The molecule has 0 bridgehead atoms. The second-order valence-corrected chi connectivity index (χ2v) is 2.90. The highest BCUT2D eigenvalue weighted by atomic mass is 19.1. The molecule has 0 spiro atoms. The van der Waals surface area contributed by atoms with Gasteiger partial charge in [0.2, 0.25) is 0 Å². The number of Topliss-reactive ketones (excluding diaryl/α,β-unsaturated/α-hetero) is 1. The van der Waals surface area contributed by atoms with Crippen molar-refractivity contribution in [1.82, 2.24) is 0 Å². The number of carbonyl (C=O) groups is 1. The third-order valence-electron chi connectivity index (χ3n) is 1.93. The van der Waals surface area contributed by atoms with Crippen molar-refractivity contribution in [2.75, 3.05) is 13.7 Å². The van der Waals surface area contributed by atoms with Crippen LogP contribution in [0, 0.1) is 11.6 Å². The van der Waals surface area contributed by atoms with Crippen molar-refractivity contribution in [3.63, 3.8) is 0 Å². The molecule has 0 aliphatic rings. The molecule has 0 unspecified atom stereocenters. The van der Waals surface area contributed by atoms with E-state index in [-0.39, 0.29) is 18.7 Å². The van der Waals surface area contributed by atoms with Crippen LogP contribution in [0.2, 0.25) is 0 Å². The van der Waals surface area contributed by atoms with Crippen LogP contribution in [0.4, 0.5) is 8.78 Å². The lowest BCUT2D eigenvalue weighted by Crippen LogP contribution is -2.12. The summed E-state index contributed by atoms with van der Waals surface area (Å²) in [6.45, 7) is 0.0505. The van der Waals surface area contributed by atoms with Gasteiger partial charge in [0.25, 0.3) is 0 Å². The normalized spacial score (nSPS) is 10.1. The van der Waals surface area contributed by atoms with E-state index in [4.69, 9.17) is 5.73 Å². The number of ether oxygens (including phenoxy) is 1. The van der Waals surface area contributed by atoms with Gasteiger partial charge in [-0.05, 0) is 18.7 Å². The van der Waals surface area contributed by atoms with Crippen LogP contribution in [0.5, 0.6) is 5.75 Å². The Balaban J connectivity index is 3.20. The van der Waals surface area contributed by atoms with Crippen molar-refractivity contribution in [1.29, 1.82) is 0 Å². The smallest absolute Gasteiger partial charge is 0.178 e. The molecule has 1 aromatic rings. The summed E-state index contributed by atoms with van der Waals surface area (Å²) in [5.74, 6) is -2.69. The van der Waals surface area contributed by atoms with E-state index < -0.39 is 23.0 Å². The summed E-state index contributed by atoms with van der Waals surface area (Å²) in [6, 6.07) is 2.12. The topological polar surface area (TPSA) is 52.3 Å². The molecule has 5 heteroatoms. The predicted molar refractivity (Wildman–Crippen MR) is 50.9 cm³/mol. The van der Waals surface area contributed by atoms with Crippen molar-refractivity contribution in [2.24, 2.45) is 5.73 Å². The van der Waals surface area contributed by atoms with Gasteiger partial charge in [-0.1, -0.05) is 0 Å². The molecule has 3 nitrogen and oxygen atoms in total. The van der Waals surface area contributed by atoms with E-state index in [0.717, 1.165) is 12.1 Å². The largest absolute Gasteiger partial charge is 0.494 e. The van der Waals surface area contributed by atoms with E-state index >= 15 is 0 Å². The summed E-state index contributed by atoms with van der Waals surface area (Å²) >= 11 is 0. The molecule has 15 heavy (non-hydrogen) atoms. The van der Waals surface area contributed by atoms with Crippen LogP contribution < -0.4 is 10.5 Å². The molecule has 0 saturated carbocycles. The van der Waals surface area contributed by atoms with Gasteiger partial charge in [-0.15, -0.1) is 0 Å². The first kappa shape index (κ1) is 11.6. The highest BCUT2D eigenvalue weighted by Crippen LogP contribution is 2.23. The number of hydrogen-bond donors (Lipinski definition) is 1. The average molecular weight is 215 g/mol. The van der Waals surface area contributed by atoms with Crippen LogP contribution in [-0.4, -0.2) is 19.4 Å². The molecule has 0 fully saturated rings. The maximum absolute atomic E-state index is 13.5. The first-order chi connectivity index (χ1) is 7.11. The molecule has 1 rings (SSSR count). The second kappa shape index (κ2) is 4.84. The third-order valence-corrected chi connectivity index (χ3v) is 1.93. The van der Waals surface area contributed by atoms with Crippen molar-refractivity contribution >= 4 is 5.78 Å². The van der Waals surface area contributed by atoms with E-state index in [1.54, 1.807) is 0 Å². The van der Waals surface area contributed by atoms with Gasteiger partial charge in [-0.25, -0.2) is 8.78 Å². The molecule has 0 aromatic heterocycles. The Kier molecular flexibility index (Phi) is 3.74. The fraction of sp³-hybridized carbons (Fsp3) is 0.300. The highest BCUT2D eigenvalue weighted by Gasteiger charge is 2.20. The highest BCUT2D eigenvalue weighted by molar-refractivity contribution is 5.97. The van der Waals surface area contributed by atoms with Gasteiger partial charge in [0.15, 0.2) is 17.3 Å². The Hall–Kier alpha value is -1.49. The quantitative estimate of drug-likeness (QED) is 0.774. The van der Waals surface area contributed by atoms with Gasteiger partial charge in [0.1, 0.15) is 5.82 Å². The van der Waals surface area contributed by atoms with Crippen molar-refractivity contribution in [3.05, 3.63) is 29.3 Å². The number of halogens is 2. The summed E-state index contributed by atoms with van der Waals surface area (Å²) in [5.41, 5.74) is 4.56. The van der Waals surface area contributed by atoms with E-state index in [1.807, 2.05) is 0 Å². The number of nitrogens with two attached hydrogens (primary N) is 1. The minimum absolute atomic E-state index is 0.0505. The molecule has 0 heterocycles. The zero-order chi connectivity index (χ0) is 11.4. The number of methoxy groups -OCH3 is 1. The lowest BCUT2D eigenvalue weighted by Gasteiger charge is -2.07. The molecule has 0 aliphatic carbocycles. The summed E-state index contributed by atoms with van der Waals surface area (Å²) < 4.78 is 31.3. The lowest BCUT2D eigenvalue weighted by molar-refractivity contribution is 0.0976. The van der Waals surface area contributed by atoms with Crippen LogP contribution in [0.15, 0.2) is 12.1 Å². The SMILES string of the molecule is COc1ccc(F)c(C(=O)CCN)c1F. The molecule has 1 aromatic carbocycles. The van der Waals surface area contributed by atoms with Crippen LogP contribution in [-0.2, 0) is 0 Å². The summed E-state index contributed by atoms with van der Waals surface area (Å²) in [4.78, 5) is 11.3. The minimum atomic E-state index is -0.976. The van der Waals surface area contributed by atoms with Crippen molar-refractivity contribution < 1.29 is 18.3 Å². The lowest BCUT2D eigenvalue weighted by atomic mass is 10.1. The van der Waals surface area contributed by atoms with E-state index in [1.165, 1.54) is 7.11 Å². The van der Waals surface area contributed by atoms with Crippen LogP contribution >= 0.6 is 0 Å². The van der Waals surface area contributed by atoms with Gasteiger partial charge in [0, 0.05) is 6.42 Å². The zero-order valence-corrected chi connectivity index (χ0v) is 8.22. The number of carbonyl (C=O) groups excluding carboxylic acids is 1. The Morgan fingerprint density at radius 3 is 2.67 bits per heavy atom. The van der Waals surface area contributed by atoms with Gasteiger partial charge in [-0.3, -0.25) is 4.79 Å². The second-order valence-electron chi connectivity index (χ2n) is 2.90. The summed E-state index contributed by atoms with van der Waals surface area (Å²) in [6.07, 6.45) is -0.0962. The maximum atomic E-state index is 13.5. The van der Waals surface area contributed by atoms with E-state index in [0.29, 0.717) is 0 Å². The van der Waals surface area contributed by atoms with Crippen molar-refractivity contribution in [3.8, 4) is 5.75 Å². The number of ketones is 1. The molecule has 0 saturated heterocycles. The van der Waals surface area contributed by atoms with Gasteiger partial charge >= 0.3 is 0 Å². The van der Waals surface area contributed by atoms with Crippen LogP contribution in [0.25, 0.3) is 0 Å². The molecule has 2 N–H and O–H groups in total. The summed E-state index contributed by atoms with van der Waals surface area (Å²) in [5, 5.41) is 0. The Bertz CT molecular complexity index is 380. The van der Waals surface area contributed by atoms with E-state index in [2.05, 4.69) is 4.74 Å². The maximum Gasteiger partial charge on any atom is 0.178 e. The minimum Gasteiger partial charge on any atom is -0.494 e. The molecular formula is C10H11F2NO2. The van der Waals surface area contributed by atoms with Gasteiger partial charge in [0.05, 0.1) is 12.7 Å². The molecule has 0 atom stereocenters. The Morgan fingerprint density at radius 2 is 2.13 bits per heavy atom. The molecular weight excluding hydrogens is 204 g/mol. The number of hydrogen-bond acceptors (Lipinski definition) is 3. The molecule has 82 valence electrons. The van der Waals surface area contributed by atoms with Crippen LogP contribution in [0.1, 0.15) is 16.8 Å². The third kappa shape index (κ3) is 2.30. The standard InChI is InChI=1S/C10H11F2NO2/c1-15-8-3-2-6(11)9(10(8)12)7(14)4-5-13/h2-3H,4-5,13H2,1H3. The average Bonchev–Trinajstić information content (AvgIpc) is 2.18. The monoisotopic (exact) mass is 215 g/mol. The Morgan fingerprint density at radius 1 is 1.47 bits per heavy atom. The zero-order valence-electron chi connectivity index (χ0n) is 8.22. The van der Waals surface area contributed by atoms with Crippen LogP contribution in [0.3, 0.4) is 0 Å². The van der Waals surface area contributed by atoms with Crippen molar-refractivity contribution in [2.45, 2.75) is 6.42 Å². The van der Waals surface area contributed by atoms with Gasteiger partial charge < -0.3 is 10.5 Å². The van der Waals surface area contributed by atoms with E-state index in [9.17, 15) is 13.6 Å². The first-order valence-electron chi connectivity index (χ1n) is 4.37. The predicted octanol–water partition coefficient (Wildman–Crippen LogP) is 1.50. The molecule has 0 amide bonds. The number of rotatable bonds is 4. The fourth-order valence-electron chi connectivity index (χ4n) is 1.20. The Labute approximate surface area is 85.8 Å². The van der Waals surface area contributed by atoms with Gasteiger partial charge in [-0.2, -0.15) is 0 Å². The first-order valence-corrected chi connectivity index (χ1v) is 4.37. The molecule has 0 radical (unpaired) electrons. The summed E-state index contributed by atoms with van der Waals surface area (Å²) in [7, 11) is 1.24. The number of benzene rings is 1. The fourth-order valence-corrected chi connectivity index (χ4v) is 1.20.